The summed E-state index contributed by atoms with van der Waals surface area (Å²) in [5.74, 6) is -0.293. The number of benzene rings is 2. The van der Waals surface area contributed by atoms with Crippen LogP contribution in [0.5, 0.6) is 0 Å². The predicted octanol–water partition coefficient (Wildman–Crippen LogP) is 4.29. The third-order valence-electron chi connectivity index (χ3n) is 3.58. The first-order valence-corrected chi connectivity index (χ1v) is 7.27. The zero-order valence-corrected chi connectivity index (χ0v) is 12.8. The van der Waals surface area contributed by atoms with Crippen molar-refractivity contribution in [3.8, 4) is 0 Å². The van der Waals surface area contributed by atoms with Crippen LogP contribution in [0.3, 0.4) is 0 Å². The van der Waals surface area contributed by atoms with Gasteiger partial charge in [-0.25, -0.2) is 4.39 Å². The molecule has 0 radical (unpaired) electrons. The number of anilines is 1. The van der Waals surface area contributed by atoms with E-state index >= 15 is 0 Å². The van der Waals surface area contributed by atoms with Gasteiger partial charge >= 0.3 is 0 Å². The van der Waals surface area contributed by atoms with E-state index in [1.807, 2.05) is 49.1 Å². The van der Waals surface area contributed by atoms with Gasteiger partial charge in [0.05, 0.1) is 11.8 Å². The minimum atomic E-state index is -0.657. The van der Waals surface area contributed by atoms with E-state index in [1.54, 1.807) is 19.1 Å². The van der Waals surface area contributed by atoms with E-state index in [4.69, 9.17) is 0 Å². The summed E-state index contributed by atoms with van der Waals surface area (Å²) in [6.45, 7) is 6.39. The van der Waals surface area contributed by atoms with Crippen LogP contribution in [0.2, 0.25) is 0 Å². The normalized spacial score (nSPS) is 12.5. The molecule has 0 fully saturated rings. The maximum Gasteiger partial charge on any atom is 0.146 e. The first-order chi connectivity index (χ1) is 9.99. The molecular formula is C18H22FNO. The maximum atomic E-state index is 14.4. The minimum Gasteiger partial charge on any atom is -0.389 e. The molecule has 112 valence electrons. The molecule has 0 saturated carbocycles. The van der Waals surface area contributed by atoms with Gasteiger partial charge in [0.25, 0.3) is 0 Å². The minimum absolute atomic E-state index is 0.178. The van der Waals surface area contributed by atoms with Crippen LogP contribution in [0.15, 0.2) is 48.5 Å². The van der Waals surface area contributed by atoms with Crippen LogP contribution in [0.4, 0.5) is 10.1 Å². The van der Waals surface area contributed by atoms with Gasteiger partial charge in [-0.05, 0) is 44.0 Å². The summed E-state index contributed by atoms with van der Waals surface area (Å²) in [7, 11) is 0. The Morgan fingerprint density at radius 3 is 2.24 bits per heavy atom. The van der Waals surface area contributed by atoms with Crippen molar-refractivity contribution in [1.82, 2.24) is 0 Å². The third kappa shape index (κ3) is 3.82. The number of hydrogen-bond acceptors (Lipinski definition) is 2. The zero-order valence-electron chi connectivity index (χ0n) is 12.8. The summed E-state index contributed by atoms with van der Waals surface area (Å²) < 4.78 is 14.4. The Morgan fingerprint density at radius 2 is 1.71 bits per heavy atom. The van der Waals surface area contributed by atoms with E-state index in [2.05, 4.69) is 0 Å². The number of aliphatic hydroxyl groups is 1. The van der Waals surface area contributed by atoms with Crippen LogP contribution in [-0.2, 0) is 6.54 Å². The summed E-state index contributed by atoms with van der Waals surface area (Å²) in [6.07, 6.45) is -0.657. The van der Waals surface area contributed by atoms with Crippen molar-refractivity contribution in [3.63, 3.8) is 0 Å². The Kier molecular flexibility index (Phi) is 4.97. The van der Waals surface area contributed by atoms with Crippen LogP contribution in [0.25, 0.3) is 0 Å². The second-order valence-corrected chi connectivity index (χ2v) is 5.59. The van der Waals surface area contributed by atoms with E-state index in [0.717, 1.165) is 5.56 Å². The van der Waals surface area contributed by atoms with E-state index in [-0.39, 0.29) is 11.9 Å². The molecule has 0 spiro atoms. The van der Waals surface area contributed by atoms with Crippen molar-refractivity contribution < 1.29 is 9.50 Å². The Balaban J connectivity index is 2.30. The molecule has 2 nitrogen and oxygen atoms in total. The SMILES string of the molecule is CC(C)N(Cc1ccccc1)c1ccc([C@H](C)O)cc1F. The van der Waals surface area contributed by atoms with Crippen molar-refractivity contribution in [1.29, 1.82) is 0 Å². The number of aliphatic hydroxyl groups excluding tert-OH is 1. The standard InChI is InChI=1S/C18H22FNO/c1-13(2)20(12-15-7-5-4-6-8-15)18-10-9-16(14(3)21)11-17(18)19/h4-11,13-14,21H,12H2,1-3H3/t14-/m0/s1. The lowest BCUT2D eigenvalue weighted by Gasteiger charge is -2.30. The average molecular weight is 287 g/mol. The van der Waals surface area contributed by atoms with E-state index in [9.17, 15) is 9.50 Å². The Labute approximate surface area is 125 Å². The topological polar surface area (TPSA) is 23.5 Å². The lowest BCUT2D eigenvalue weighted by Crippen LogP contribution is -2.31. The van der Waals surface area contributed by atoms with Crippen LogP contribution >= 0.6 is 0 Å². The fourth-order valence-electron chi connectivity index (χ4n) is 2.34. The first kappa shape index (κ1) is 15.5. The molecule has 0 aliphatic heterocycles. The highest BCUT2D eigenvalue weighted by atomic mass is 19.1. The van der Waals surface area contributed by atoms with Gasteiger partial charge in [-0.3, -0.25) is 0 Å². The molecule has 0 amide bonds. The van der Waals surface area contributed by atoms with Gasteiger partial charge < -0.3 is 10.0 Å². The zero-order chi connectivity index (χ0) is 15.4. The van der Waals surface area contributed by atoms with Crippen LogP contribution in [0.1, 0.15) is 38.0 Å². The van der Waals surface area contributed by atoms with Crippen molar-refractivity contribution in [2.45, 2.75) is 39.5 Å². The fourth-order valence-corrected chi connectivity index (χ4v) is 2.34. The van der Waals surface area contributed by atoms with Gasteiger partial charge in [0.2, 0.25) is 0 Å². The molecule has 1 N–H and O–H groups in total. The largest absolute Gasteiger partial charge is 0.389 e. The molecule has 0 aliphatic rings. The second kappa shape index (κ2) is 6.72. The number of hydrogen-bond donors (Lipinski definition) is 1. The van der Waals surface area contributed by atoms with Gasteiger partial charge in [0.1, 0.15) is 5.82 Å². The van der Waals surface area contributed by atoms with Crippen LogP contribution in [0, 0.1) is 5.82 Å². The van der Waals surface area contributed by atoms with Crippen LogP contribution in [-0.4, -0.2) is 11.1 Å². The third-order valence-corrected chi connectivity index (χ3v) is 3.58. The van der Waals surface area contributed by atoms with Crippen molar-refractivity contribution in [3.05, 3.63) is 65.5 Å². The smallest absolute Gasteiger partial charge is 0.146 e. The summed E-state index contributed by atoms with van der Waals surface area (Å²) in [5, 5.41) is 9.54. The molecule has 0 unspecified atom stereocenters. The fraction of sp³-hybridized carbons (Fsp3) is 0.333. The maximum absolute atomic E-state index is 14.4. The van der Waals surface area contributed by atoms with E-state index < -0.39 is 6.10 Å². The number of rotatable bonds is 5. The number of nitrogens with zero attached hydrogens (tertiary/aromatic N) is 1. The Bertz CT molecular complexity index is 581. The highest BCUT2D eigenvalue weighted by Crippen LogP contribution is 2.26. The Hall–Kier alpha value is -1.87. The highest BCUT2D eigenvalue weighted by molar-refractivity contribution is 5.50. The molecule has 2 aromatic rings. The monoisotopic (exact) mass is 287 g/mol. The molecular weight excluding hydrogens is 265 g/mol. The Morgan fingerprint density at radius 1 is 1.05 bits per heavy atom. The predicted molar refractivity (Wildman–Crippen MR) is 84.8 cm³/mol. The summed E-state index contributed by atoms with van der Waals surface area (Å²) in [5.41, 5.74) is 2.31. The molecule has 0 bridgehead atoms. The van der Waals surface area contributed by atoms with Gasteiger partial charge in [-0.1, -0.05) is 36.4 Å². The first-order valence-electron chi connectivity index (χ1n) is 7.27. The average Bonchev–Trinajstić information content (AvgIpc) is 2.46. The number of halogens is 1. The second-order valence-electron chi connectivity index (χ2n) is 5.59. The van der Waals surface area contributed by atoms with E-state index in [0.29, 0.717) is 17.8 Å². The summed E-state index contributed by atoms with van der Waals surface area (Å²) >= 11 is 0. The van der Waals surface area contributed by atoms with Gasteiger partial charge in [0, 0.05) is 12.6 Å². The van der Waals surface area contributed by atoms with Crippen molar-refractivity contribution in [2.75, 3.05) is 4.90 Å². The van der Waals surface area contributed by atoms with Crippen molar-refractivity contribution >= 4 is 5.69 Å². The molecule has 2 rings (SSSR count). The molecule has 3 heteroatoms. The molecule has 0 aliphatic carbocycles. The molecule has 0 saturated heterocycles. The van der Waals surface area contributed by atoms with E-state index in [1.165, 1.54) is 6.07 Å². The molecule has 0 heterocycles. The molecule has 1 atom stereocenters. The summed E-state index contributed by atoms with van der Waals surface area (Å²) in [4.78, 5) is 2.02. The molecule has 21 heavy (non-hydrogen) atoms. The quantitative estimate of drug-likeness (QED) is 0.886. The van der Waals surface area contributed by atoms with Gasteiger partial charge in [0.15, 0.2) is 0 Å². The van der Waals surface area contributed by atoms with Crippen LogP contribution < -0.4 is 4.90 Å². The highest BCUT2D eigenvalue weighted by Gasteiger charge is 2.16. The van der Waals surface area contributed by atoms with Gasteiger partial charge in [-0.15, -0.1) is 0 Å². The molecule has 0 aromatic heterocycles. The lowest BCUT2D eigenvalue weighted by atomic mass is 10.1. The lowest BCUT2D eigenvalue weighted by molar-refractivity contribution is 0.199. The van der Waals surface area contributed by atoms with Gasteiger partial charge in [-0.2, -0.15) is 0 Å². The molecule has 2 aromatic carbocycles. The van der Waals surface area contributed by atoms with Crippen molar-refractivity contribution in [2.24, 2.45) is 0 Å². The summed E-state index contributed by atoms with van der Waals surface area (Å²) in [6, 6.07) is 15.2.